The lowest BCUT2D eigenvalue weighted by Crippen LogP contribution is -2.45. The zero-order valence-corrected chi connectivity index (χ0v) is 27.8. The standard InChI is InChI=1S/C25H52O6Si3/c1-18(26)28-22-21(31-34(15,16)25(8,9)10)20(30-33(13,14)24(5,6)7)19(29-22)17-27-32(11,12)23(2,3)4/h19,22H,17H2,1-16H3/t19-,22?/m0/s1. The van der Waals surface area contributed by atoms with Gasteiger partial charge in [-0.05, 0) is 54.4 Å². The fourth-order valence-corrected chi connectivity index (χ4v) is 5.61. The molecule has 1 unspecified atom stereocenters. The molecule has 0 spiro atoms. The first-order chi connectivity index (χ1) is 14.8. The maximum atomic E-state index is 12.0. The minimum absolute atomic E-state index is 0.0214. The highest BCUT2D eigenvalue weighted by Crippen LogP contribution is 2.45. The number of carbonyl (C=O) groups excluding carboxylic acids is 1. The molecular weight excluding hydrogens is 481 g/mol. The van der Waals surface area contributed by atoms with E-state index in [0.717, 1.165) is 0 Å². The Kier molecular flexibility index (Phi) is 9.27. The molecule has 0 amide bonds. The Morgan fingerprint density at radius 3 is 1.47 bits per heavy atom. The van der Waals surface area contributed by atoms with Crippen LogP contribution in [0.25, 0.3) is 0 Å². The molecule has 0 saturated heterocycles. The van der Waals surface area contributed by atoms with Crippen molar-refractivity contribution in [2.24, 2.45) is 0 Å². The van der Waals surface area contributed by atoms with E-state index in [1.54, 1.807) is 0 Å². The van der Waals surface area contributed by atoms with E-state index in [0.29, 0.717) is 18.1 Å². The highest BCUT2D eigenvalue weighted by atomic mass is 28.4. The fraction of sp³-hybridized carbons (Fsp3) is 0.880. The zero-order valence-electron chi connectivity index (χ0n) is 24.8. The quantitative estimate of drug-likeness (QED) is 0.237. The summed E-state index contributed by atoms with van der Waals surface area (Å²) in [5.74, 6) is 0.732. The third kappa shape index (κ3) is 7.44. The van der Waals surface area contributed by atoms with Crippen LogP contribution >= 0.6 is 0 Å². The van der Waals surface area contributed by atoms with Crippen LogP contribution in [0.1, 0.15) is 69.2 Å². The van der Waals surface area contributed by atoms with Gasteiger partial charge in [-0.1, -0.05) is 62.3 Å². The Balaban J connectivity index is 3.57. The van der Waals surface area contributed by atoms with Crippen LogP contribution in [0, 0.1) is 0 Å². The van der Waals surface area contributed by atoms with Gasteiger partial charge in [0, 0.05) is 6.92 Å². The minimum Gasteiger partial charge on any atom is -0.542 e. The molecule has 200 valence electrons. The normalized spacial score (nSPS) is 21.1. The van der Waals surface area contributed by atoms with Crippen LogP contribution in [0.15, 0.2) is 11.5 Å². The van der Waals surface area contributed by atoms with Gasteiger partial charge in [0.1, 0.15) is 6.10 Å². The summed E-state index contributed by atoms with van der Waals surface area (Å²) in [7, 11) is -6.55. The van der Waals surface area contributed by atoms with Gasteiger partial charge in [0.15, 0.2) is 19.8 Å². The summed E-state index contributed by atoms with van der Waals surface area (Å²) in [6.07, 6.45) is -1.42. The molecule has 1 rings (SSSR count). The van der Waals surface area contributed by atoms with Crippen LogP contribution in [0.3, 0.4) is 0 Å². The first-order valence-electron chi connectivity index (χ1n) is 12.4. The molecule has 0 aromatic heterocycles. The molecule has 6 nitrogen and oxygen atoms in total. The van der Waals surface area contributed by atoms with Crippen molar-refractivity contribution in [3.05, 3.63) is 11.5 Å². The number of esters is 1. The van der Waals surface area contributed by atoms with Gasteiger partial charge in [-0.2, -0.15) is 0 Å². The first-order valence-corrected chi connectivity index (χ1v) is 21.1. The molecule has 0 aromatic rings. The zero-order chi connectivity index (χ0) is 27.1. The molecule has 34 heavy (non-hydrogen) atoms. The second-order valence-electron chi connectivity index (χ2n) is 14.1. The Morgan fingerprint density at radius 1 is 0.735 bits per heavy atom. The minimum atomic E-state index is -2.27. The van der Waals surface area contributed by atoms with E-state index < -0.39 is 43.3 Å². The molecule has 1 aliphatic rings. The number of hydrogen-bond donors (Lipinski definition) is 0. The van der Waals surface area contributed by atoms with Crippen molar-refractivity contribution in [3.63, 3.8) is 0 Å². The second kappa shape index (κ2) is 10.0. The van der Waals surface area contributed by atoms with Gasteiger partial charge in [-0.15, -0.1) is 0 Å². The molecule has 0 N–H and O–H groups in total. The highest BCUT2D eigenvalue weighted by molar-refractivity contribution is 6.75. The van der Waals surface area contributed by atoms with Gasteiger partial charge in [0.25, 0.3) is 14.6 Å². The highest BCUT2D eigenvalue weighted by Gasteiger charge is 2.50. The van der Waals surface area contributed by atoms with E-state index >= 15 is 0 Å². The van der Waals surface area contributed by atoms with Crippen molar-refractivity contribution in [1.29, 1.82) is 0 Å². The summed E-state index contributed by atoms with van der Waals surface area (Å²) in [5.41, 5.74) is 0. The summed E-state index contributed by atoms with van der Waals surface area (Å²) >= 11 is 0. The van der Waals surface area contributed by atoms with Crippen LogP contribution < -0.4 is 0 Å². The lowest BCUT2D eigenvalue weighted by Gasteiger charge is -2.40. The van der Waals surface area contributed by atoms with Gasteiger partial charge >= 0.3 is 5.97 Å². The Morgan fingerprint density at radius 2 is 1.12 bits per heavy atom. The summed E-state index contributed by atoms with van der Waals surface area (Å²) < 4.78 is 32.0. The van der Waals surface area contributed by atoms with E-state index in [2.05, 4.69) is 102 Å². The van der Waals surface area contributed by atoms with E-state index in [-0.39, 0.29) is 15.1 Å². The van der Waals surface area contributed by atoms with E-state index in [1.165, 1.54) is 6.92 Å². The van der Waals surface area contributed by atoms with Gasteiger partial charge < -0.3 is 22.8 Å². The van der Waals surface area contributed by atoms with Crippen LogP contribution in [0.4, 0.5) is 0 Å². The molecule has 9 heteroatoms. The molecule has 0 bridgehead atoms. The monoisotopic (exact) mass is 532 g/mol. The molecule has 1 heterocycles. The molecule has 0 fully saturated rings. The summed E-state index contributed by atoms with van der Waals surface area (Å²) in [6.45, 7) is 34.7. The largest absolute Gasteiger partial charge is 0.542 e. The van der Waals surface area contributed by atoms with Gasteiger partial charge in [-0.3, -0.25) is 4.79 Å². The molecule has 2 atom stereocenters. The summed E-state index contributed by atoms with van der Waals surface area (Å²) in [6, 6.07) is 0. The molecule has 0 aromatic carbocycles. The Bertz CT molecular complexity index is 767. The predicted molar refractivity (Wildman–Crippen MR) is 147 cm³/mol. The number of ether oxygens (including phenoxy) is 2. The Hall–Kier alpha value is -0.619. The third-order valence-electron chi connectivity index (χ3n) is 8.05. The molecule has 0 saturated carbocycles. The van der Waals surface area contributed by atoms with Crippen LogP contribution in [-0.4, -0.2) is 49.9 Å². The van der Waals surface area contributed by atoms with Gasteiger partial charge in [-0.25, -0.2) is 0 Å². The second-order valence-corrected chi connectivity index (χ2v) is 28.3. The van der Waals surface area contributed by atoms with E-state index in [1.807, 2.05) is 0 Å². The van der Waals surface area contributed by atoms with Crippen molar-refractivity contribution in [2.45, 2.75) is 136 Å². The fourth-order valence-electron chi connectivity index (χ4n) is 2.47. The van der Waals surface area contributed by atoms with Gasteiger partial charge in [0.2, 0.25) is 8.32 Å². The maximum Gasteiger partial charge on any atom is 0.305 e. The van der Waals surface area contributed by atoms with Crippen LogP contribution in [0.2, 0.25) is 54.4 Å². The third-order valence-corrected chi connectivity index (χ3v) is 21.2. The van der Waals surface area contributed by atoms with Crippen molar-refractivity contribution >= 4 is 30.9 Å². The van der Waals surface area contributed by atoms with Crippen molar-refractivity contribution < 1.29 is 27.5 Å². The SMILES string of the molecule is CC(=O)OC1O[C@@H](CO[Si](C)(C)C(C)(C)C)C(O[Si](C)(C)C(C)(C)C)=C1O[Si](C)(C)C(C)(C)C. The molecule has 1 aliphatic heterocycles. The van der Waals surface area contributed by atoms with Crippen LogP contribution in [0.5, 0.6) is 0 Å². The number of carbonyl (C=O) groups is 1. The van der Waals surface area contributed by atoms with E-state index in [4.69, 9.17) is 22.8 Å². The number of rotatable bonds is 8. The predicted octanol–water partition coefficient (Wildman–Crippen LogP) is 7.55. The lowest BCUT2D eigenvalue weighted by atomic mass is 10.2. The lowest BCUT2D eigenvalue weighted by molar-refractivity contribution is -0.175. The summed E-state index contributed by atoms with van der Waals surface area (Å²) in [4.78, 5) is 12.0. The topological polar surface area (TPSA) is 63.2 Å². The average molecular weight is 533 g/mol. The average Bonchev–Trinajstić information content (AvgIpc) is 2.85. The Labute approximate surface area is 212 Å². The number of hydrogen-bond acceptors (Lipinski definition) is 6. The van der Waals surface area contributed by atoms with Crippen molar-refractivity contribution in [3.8, 4) is 0 Å². The molecule has 0 radical (unpaired) electrons. The van der Waals surface area contributed by atoms with Crippen LogP contribution in [-0.2, 0) is 27.5 Å². The molecule has 0 aliphatic carbocycles. The molecular formula is C25H52O6Si3. The van der Waals surface area contributed by atoms with Gasteiger partial charge in [0.05, 0.1) is 6.61 Å². The van der Waals surface area contributed by atoms with E-state index in [9.17, 15) is 4.79 Å². The summed E-state index contributed by atoms with van der Waals surface area (Å²) in [5, 5.41) is -0.00342. The maximum absolute atomic E-state index is 12.0. The smallest absolute Gasteiger partial charge is 0.305 e. The van der Waals surface area contributed by atoms with Crippen molar-refractivity contribution in [1.82, 2.24) is 0 Å². The van der Waals surface area contributed by atoms with Crippen molar-refractivity contribution in [2.75, 3.05) is 6.61 Å². The first kappa shape index (κ1) is 31.4.